The summed E-state index contributed by atoms with van der Waals surface area (Å²) in [6.45, 7) is 5.61. The zero-order valence-electron chi connectivity index (χ0n) is 16.6. The molecule has 2 aliphatic heterocycles. The van der Waals surface area contributed by atoms with E-state index >= 15 is 0 Å². The highest BCUT2D eigenvalue weighted by atomic mass is 16.5. The predicted octanol–water partition coefficient (Wildman–Crippen LogP) is 1.81. The average Bonchev–Trinajstić information content (AvgIpc) is 3.06. The molecule has 154 valence electrons. The molecule has 0 atom stereocenters. The normalized spacial score (nSPS) is 16.7. The van der Waals surface area contributed by atoms with Crippen LogP contribution in [-0.4, -0.2) is 66.1 Å². The van der Waals surface area contributed by atoms with Crippen molar-refractivity contribution in [3.8, 4) is 5.75 Å². The molecular formula is C21H25N3O5. The van der Waals surface area contributed by atoms with Crippen LogP contribution in [0.3, 0.4) is 0 Å². The van der Waals surface area contributed by atoms with Gasteiger partial charge >= 0.3 is 0 Å². The van der Waals surface area contributed by atoms with Gasteiger partial charge in [0.15, 0.2) is 6.39 Å². The van der Waals surface area contributed by atoms with E-state index in [0.29, 0.717) is 64.5 Å². The Morgan fingerprint density at radius 1 is 1.10 bits per heavy atom. The molecule has 0 N–H and O–H groups in total. The zero-order chi connectivity index (χ0) is 20.2. The number of aromatic nitrogens is 1. The molecule has 2 aliphatic rings. The van der Waals surface area contributed by atoms with Gasteiger partial charge in [-0.05, 0) is 25.0 Å². The summed E-state index contributed by atoms with van der Waals surface area (Å²) in [5, 5.41) is 0. The lowest BCUT2D eigenvalue weighted by atomic mass is 10.0. The van der Waals surface area contributed by atoms with Crippen molar-refractivity contribution in [3.05, 3.63) is 47.2 Å². The van der Waals surface area contributed by atoms with Crippen molar-refractivity contribution in [1.82, 2.24) is 14.8 Å². The highest BCUT2D eigenvalue weighted by Crippen LogP contribution is 2.26. The van der Waals surface area contributed by atoms with Crippen LogP contribution in [0.1, 0.15) is 33.8 Å². The van der Waals surface area contributed by atoms with E-state index in [2.05, 4.69) is 4.98 Å². The van der Waals surface area contributed by atoms with Crippen LogP contribution in [-0.2, 0) is 22.5 Å². The maximum Gasteiger partial charge on any atom is 0.291 e. The zero-order valence-corrected chi connectivity index (χ0v) is 16.6. The second kappa shape index (κ2) is 8.65. The molecule has 0 bridgehead atoms. The van der Waals surface area contributed by atoms with Crippen LogP contribution in [0.15, 0.2) is 29.0 Å². The first-order chi connectivity index (χ1) is 14.1. The molecule has 4 rings (SSSR count). The number of carbonyl (C=O) groups is 2. The monoisotopic (exact) mass is 399 g/mol. The number of morpholine rings is 1. The Bertz CT molecular complexity index is 888. The fourth-order valence-electron chi connectivity index (χ4n) is 3.65. The van der Waals surface area contributed by atoms with Gasteiger partial charge in [0.2, 0.25) is 11.7 Å². The lowest BCUT2D eigenvalue weighted by Gasteiger charge is -2.26. The van der Waals surface area contributed by atoms with Crippen LogP contribution in [0.4, 0.5) is 0 Å². The van der Waals surface area contributed by atoms with Gasteiger partial charge in [-0.25, -0.2) is 4.98 Å². The summed E-state index contributed by atoms with van der Waals surface area (Å²) in [4.78, 5) is 32.8. The van der Waals surface area contributed by atoms with Crippen molar-refractivity contribution in [2.75, 3.05) is 39.5 Å². The number of fused-ring (bicyclic) bond motifs is 1. The molecule has 29 heavy (non-hydrogen) atoms. The van der Waals surface area contributed by atoms with E-state index < -0.39 is 0 Å². The number of rotatable bonds is 4. The smallest absolute Gasteiger partial charge is 0.291 e. The topological polar surface area (TPSA) is 85.1 Å². The quantitative estimate of drug-likeness (QED) is 0.780. The van der Waals surface area contributed by atoms with E-state index in [4.69, 9.17) is 13.9 Å². The minimum absolute atomic E-state index is 0.150. The van der Waals surface area contributed by atoms with E-state index in [1.54, 1.807) is 11.8 Å². The maximum absolute atomic E-state index is 12.8. The summed E-state index contributed by atoms with van der Waals surface area (Å²) in [7, 11) is 0. The Balaban J connectivity index is 1.43. The van der Waals surface area contributed by atoms with E-state index in [0.717, 1.165) is 16.9 Å². The van der Waals surface area contributed by atoms with Crippen LogP contribution in [0, 0.1) is 6.92 Å². The Hall–Kier alpha value is -2.87. The number of oxazole rings is 1. The average molecular weight is 399 g/mol. The van der Waals surface area contributed by atoms with Gasteiger partial charge in [0, 0.05) is 31.6 Å². The van der Waals surface area contributed by atoms with Gasteiger partial charge in [0.05, 0.1) is 25.5 Å². The van der Waals surface area contributed by atoms with Gasteiger partial charge in [0.25, 0.3) is 5.91 Å². The molecule has 3 heterocycles. The molecule has 1 aromatic heterocycles. The third kappa shape index (κ3) is 4.42. The minimum Gasteiger partial charge on any atom is -0.491 e. The lowest BCUT2D eigenvalue weighted by molar-refractivity contribution is -0.135. The first-order valence-electron chi connectivity index (χ1n) is 9.91. The van der Waals surface area contributed by atoms with Crippen LogP contribution >= 0.6 is 0 Å². The molecule has 8 nitrogen and oxygen atoms in total. The molecule has 1 aromatic carbocycles. The molecule has 0 radical (unpaired) electrons. The second-order valence-corrected chi connectivity index (χ2v) is 7.28. The second-order valence-electron chi connectivity index (χ2n) is 7.28. The summed E-state index contributed by atoms with van der Waals surface area (Å²) >= 11 is 0. The molecule has 1 fully saturated rings. The van der Waals surface area contributed by atoms with Gasteiger partial charge in [-0.1, -0.05) is 12.1 Å². The van der Waals surface area contributed by atoms with Crippen LogP contribution in [0.25, 0.3) is 0 Å². The first kappa shape index (κ1) is 19.4. The maximum atomic E-state index is 12.8. The molecule has 0 unspecified atom stereocenters. The number of hydrogen-bond acceptors (Lipinski definition) is 6. The molecule has 2 aromatic rings. The molecule has 0 spiro atoms. The van der Waals surface area contributed by atoms with E-state index in [-0.39, 0.29) is 17.6 Å². The summed E-state index contributed by atoms with van der Waals surface area (Å²) in [6, 6.07) is 5.95. The van der Waals surface area contributed by atoms with Crippen LogP contribution < -0.4 is 4.74 Å². The van der Waals surface area contributed by atoms with Gasteiger partial charge in [-0.3, -0.25) is 9.59 Å². The van der Waals surface area contributed by atoms with Crippen molar-refractivity contribution < 1.29 is 23.5 Å². The largest absolute Gasteiger partial charge is 0.491 e. The van der Waals surface area contributed by atoms with Gasteiger partial charge < -0.3 is 23.7 Å². The van der Waals surface area contributed by atoms with Gasteiger partial charge in [-0.15, -0.1) is 0 Å². The number of nitrogens with zero attached hydrogens (tertiary/aromatic N) is 3. The molecular weight excluding hydrogens is 374 g/mol. The summed E-state index contributed by atoms with van der Waals surface area (Å²) < 4.78 is 16.4. The van der Waals surface area contributed by atoms with Crippen molar-refractivity contribution in [2.45, 2.75) is 26.3 Å². The lowest BCUT2D eigenvalue weighted by Crippen LogP contribution is -2.40. The van der Waals surface area contributed by atoms with Crippen molar-refractivity contribution in [1.29, 1.82) is 0 Å². The SMILES string of the molecule is Cc1ncoc1C(=O)N1CCOc2ccc(CCC(=O)N3CCOCC3)cc2C1. The number of amides is 2. The fourth-order valence-corrected chi connectivity index (χ4v) is 3.65. The molecule has 2 amide bonds. The minimum atomic E-state index is -0.190. The third-order valence-corrected chi connectivity index (χ3v) is 5.32. The number of benzene rings is 1. The Labute approximate surface area is 169 Å². The van der Waals surface area contributed by atoms with Gasteiger partial charge in [0.1, 0.15) is 12.4 Å². The summed E-state index contributed by atoms with van der Waals surface area (Å²) in [5.74, 6) is 1.00. The van der Waals surface area contributed by atoms with Crippen molar-refractivity contribution in [2.24, 2.45) is 0 Å². The number of hydrogen-bond donors (Lipinski definition) is 0. The molecule has 0 saturated carbocycles. The first-order valence-corrected chi connectivity index (χ1v) is 9.91. The number of aryl methyl sites for hydroxylation is 2. The molecule has 0 aliphatic carbocycles. The Morgan fingerprint density at radius 3 is 2.66 bits per heavy atom. The van der Waals surface area contributed by atoms with Crippen molar-refractivity contribution in [3.63, 3.8) is 0 Å². The predicted molar refractivity (Wildman–Crippen MR) is 104 cm³/mol. The highest BCUT2D eigenvalue weighted by Gasteiger charge is 2.25. The van der Waals surface area contributed by atoms with E-state index in [1.807, 2.05) is 23.1 Å². The Kier molecular flexibility index (Phi) is 5.80. The van der Waals surface area contributed by atoms with E-state index in [1.165, 1.54) is 6.39 Å². The number of ether oxygens (including phenoxy) is 2. The standard InChI is InChI=1S/C21H25N3O5/c1-15-20(29-14-22-15)21(26)24-8-11-28-18-4-2-16(12-17(18)13-24)3-5-19(25)23-6-9-27-10-7-23/h2,4,12,14H,3,5-11,13H2,1H3. The summed E-state index contributed by atoms with van der Waals surface area (Å²) in [5.41, 5.74) is 2.57. The van der Waals surface area contributed by atoms with Crippen molar-refractivity contribution >= 4 is 11.8 Å². The number of carbonyl (C=O) groups excluding carboxylic acids is 2. The fraction of sp³-hybridized carbons (Fsp3) is 0.476. The third-order valence-electron chi connectivity index (χ3n) is 5.32. The van der Waals surface area contributed by atoms with E-state index in [9.17, 15) is 9.59 Å². The van der Waals surface area contributed by atoms with Crippen LogP contribution in [0.5, 0.6) is 5.75 Å². The molecule has 1 saturated heterocycles. The van der Waals surface area contributed by atoms with Gasteiger partial charge in [-0.2, -0.15) is 0 Å². The molecule has 8 heteroatoms. The summed E-state index contributed by atoms with van der Waals surface area (Å²) in [6.07, 6.45) is 2.40. The Morgan fingerprint density at radius 2 is 1.90 bits per heavy atom. The highest BCUT2D eigenvalue weighted by molar-refractivity contribution is 5.92. The van der Waals surface area contributed by atoms with Crippen LogP contribution in [0.2, 0.25) is 0 Å².